The quantitative estimate of drug-likeness (QED) is 0.781. The molecule has 1 aliphatic heterocycles. The SMILES string of the molecule is COc1cccc(NC(=O)CN(C)C(=O)CN2CCC[C@@H]2C2CCCCC2)c1. The topological polar surface area (TPSA) is 61.9 Å². The summed E-state index contributed by atoms with van der Waals surface area (Å²) in [5.74, 6) is 1.24. The Bertz CT molecular complexity index is 673. The molecule has 1 saturated heterocycles. The number of nitrogens with one attached hydrogen (secondary N) is 1. The Kier molecular flexibility index (Phi) is 7.31. The van der Waals surface area contributed by atoms with E-state index < -0.39 is 0 Å². The second-order valence-corrected chi connectivity index (χ2v) is 8.11. The smallest absolute Gasteiger partial charge is 0.243 e. The van der Waals surface area contributed by atoms with Gasteiger partial charge in [0.2, 0.25) is 11.8 Å². The van der Waals surface area contributed by atoms with Gasteiger partial charge in [0.1, 0.15) is 5.75 Å². The van der Waals surface area contributed by atoms with Crippen molar-refractivity contribution >= 4 is 17.5 Å². The van der Waals surface area contributed by atoms with Gasteiger partial charge in [0, 0.05) is 24.8 Å². The monoisotopic (exact) mass is 387 g/mol. The second kappa shape index (κ2) is 9.92. The van der Waals surface area contributed by atoms with Crippen LogP contribution in [0, 0.1) is 5.92 Å². The Labute approximate surface area is 168 Å². The summed E-state index contributed by atoms with van der Waals surface area (Å²) in [5, 5.41) is 2.83. The standard InChI is InChI=1S/C22H33N3O3/c1-24(15-21(26)23-18-10-6-11-19(14-18)28-2)22(27)16-25-13-7-12-20(25)17-8-4-3-5-9-17/h6,10-11,14,17,20H,3-5,7-9,12-13,15-16H2,1-2H3,(H,23,26)/t20-/m1/s1. The lowest BCUT2D eigenvalue weighted by Gasteiger charge is -2.34. The van der Waals surface area contributed by atoms with Crippen molar-refractivity contribution in [1.29, 1.82) is 0 Å². The Morgan fingerprint density at radius 3 is 2.71 bits per heavy atom. The Morgan fingerprint density at radius 1 is 1.18 bits per heavy atom. The number of methoxy groups -OCH3 is 1. The minimum Gasteiger partial charge on any atom is -0.497 e. The number of nitrogens with zero attached hydrogens (tertiary/aromatic N) is 2. The van der Waals surface area contributed by atoms with E-state index in [0.29, 0.717) is 24.0 Å². The third-order valence-electron chi connectivity index (χ3n) is 6.11. The molecule has 1 N–H and O–H groups in total. The number of carbonyl (C=O) groups is 2. The highest BCUT2D eigenvalue weighted by Gasteiger charge is 2.33. The Morgan fingerprint density at radius 2 is 1.96 bits per heavy atom. The lowest BCUT2D eigenvalue weighted by molar-refractivity contribution is -0.134. The maximum absolute atomic E-state index is 12.7. The molecule has 1 saturated carbocycles. The maximum Gasteiger partial charge on any atom is 0.243 e. The first kappa shape index (κ1) is 20.6. The van der Waals surface area contributed by atoms with Gasteiger partial charge in [-0.3, -0.25) is 14.5 Å². The van der Waals surface area contributed by atoms with Crippen molar-refractivity contribution in [3.05, 3.63) is 24.3 Å². The molecule has 154 valence electrons. The van der Waals surface area contributed by atoms with Crippen LogP contribution in [0.25, 0.3) is 0 Å². The first-order chi connectivity index (χ1) is 13.6. The van der Waals surface area contributed by atoms with E-state index in [1.54, 1.807) is 26.3 Å². The molecular formula is C22H33N3O3. The van der Waals surface area contributed by atoms with Gasteiger partial charge in [-0.2, -0.15) is 0 Å². The van der Waals surface area contributed by atoms with Gasteiger partial charge >= 0.3 is 0 Å². The van der Waals surface area contributed by atoms with Crippen LogP contribution in [0.2, 0.25) is 0 Å². The number of anilines is 1. The molecule has 0 bridgehead atoms. The summed E-state index contributed by atoms with van der Waals surface area (Å²) >= 11 is 0. The van der Waals surface area contributed by atoms with Crippen LogP contribution in [-0.4, -0.2) is 61.4 Å². The van der Waals surface area contributed by atoms with Gasteiger partial charge in [0.05, 0.1) is 20.2 Å². The number of benzene rings is 1. The molecule has 6 heteroatoms. The lowest BCUT2D eigenvalue weighted by Crippen LogP contribution is -2.45. The normalized spacial score (nSPS) is 20.7. The largest absolute Gasteiger partial charge is 0.497 e. The molecule has 0 radical (unpaired) electrons. The van der Waals surface area contributed by atoms with Gasteiger partial charge in [-0.15, -0.1) is 0 Å². The fourth-order valence-electron chi connectivity index (χ4n) is 4.60. The van der Waals surface area contributed by atoms with Gasteiger partial charge in [-0.25, -0.2) is 0 Å². The zero-order chi connectivity index (χ0) is 19.9. The van der Waals surface area contributed by atoms with Crippen molar-refractivity contribution in [2.24, 2.45) is 5.92 Å². The molecule has 2 fully saturated rings. The molecule has 3 rings (SSSR count). The summed E-state index contributed by atoms with van der Waals surface area (Å²) in [4.78, 5) is 28.9. The number of hydrogen-bond acceptors (Lipinski definition) is 4. The van der Waals surface area contributed by atoms with E-state index in [1.165, 1.54) is 49.8 Å². The van der Waals surface area contributed by atoms with E-state index in [9.17, 15) is 9.59 Å². The highest BCUT2D eigenvalue weighted by Crippen LogP contribution is 2.34. The van der Waals surface area contributed by atoms with Gasteiger partial charge in [-0.1, -0.05) is 25.3 Å². The predicted octanol–water partition coefficient (Wildman–Crippen LogP) is 3.14. The number of ether oxygens (including phenoxy) is 1. The lowest BCUT2D eigenvalue weighted by atomic mass is 9.83. The number of likely N-dealkylation sites (N-methyl/N-ethyl adjacent to an activating group) is 1. The van der Waals surface area contributed by atoms with Crippen LogP contribution in [0.15, 0.2) is 24.3 Å². The fraction of sp³-hybridized carbons (Fsp3) is 0.636. The van der Waals surface area contributed by atoms with Crippen LogP contribution in [0.1, 0.15) is 44.9 Å². The second-order valence-electron chi connectivity index (χ2n) is 8.11. The van der Waals surface area contributed by atoms with E-state index in [0.717, 1.165) is 12.5 Å². The van der Waals surface area contributed by atoms with Crippen LogP contribution in [0.3, 0.4) is 0 Å². The van der Waals surface area contributed by atoms with Crippen LogP contribution < -0.4 is 10.1 Å². The van der Waals surface area contributed by atoms with Crippen LogP contribution >= 0.6 is 0 Å². The Hall–Kier alpha value is -2.08. The van der Waals surface area contributed by atoms with E-state index in [4.69, 9.17) is 4.74 Å². The van der Waals surface area contributed by atoms with E-state index >= 15 is 0 Å². The first-order valence-corrected chi connectivity index (χ1v) is 10.5. The number of rotatable bonds is 7. The molecule has 0 spiro atoms. The van der Waals surface area contributed by atoms with Gasteiger partial charge in [0.15, 0.2) is 0 Å². The molecule has 2 amide bonds. The number of likely N-dealkylation sites (tertiary alicyclic amines) is 1. The van der Waals surface area contributed by atoms with Crippen molar-refractivity contribution in [2.45, 2.75) is 51.0 Å². The number of hydrogen-bond donors (Lipinski definition) is 1. The van der Waals surface area contributed by atoms with E-state index in [1.807, 2.05) is 12.1 Å². The van der Waals surface area contributed by atoms with Crippen LogP contribution in [0.4, 0.5) is 5.69 Å². The molecule has 1 aliphatic carbocycles. The van der Waals surface area contributed by atoms with Crippen molar-refractivity contribution in [3.8, 4) is 5.75 Å². The first-order valence-electron chi connectivity index (χ1n) is 10.5. The molecule has 0 unspecified atom stereocenters. The summed E-state index contributed by atoms with van der Waals surface area (Å²) in [6.07, 6.45) is 8.99. The highest BCUT2D eigenvalue weighted by atomic mass is 16.5. The average Bonchev–Trinajstić information content (AvgIpc) is 3.16. The average molecular weight is 388 g/mol. The molecule has 1 aromatic rings. The summed E-state index contributed by atoms with van der Waals surface area (Å²) < 4.78 is 5.17. The third kappa shape index (κ3) is 5.47. The zero-order valence-corrected chi connectivity index (χ0v) is 17.2. The molecule has 1 heterocycles. The van der Waals surface area contributed by atoms with Crippen molar-refractivity contribution in [1.82, 2.24) is 9.80 Å². The highest BCUT2D eigenvalue weighted by molar-refractivity contribution is 5.94. The molecule has 1 aromatic carbocycles. The summed E-state index contributed by atoms with van der Waals surface area (Å²) in [6.45, 7) is 1.47. The third-order valence-corrected chi connectivity index (χ3v) is 6.11. The molecule has 6 nitrogen and oxygen atoms in total. The van der Waals surface area contributed by atoms with Crippen LogP contribution in [-0.2, 0) is 9.59 Å². The summed E-state index contributed by atoms with van der Waals surface area (Å²) in [6, 6.07) is 7.76. The van der Waals surface area contributed by atoms with Crippen molar-refractivity contribution in [2.75, 3.05) is 39.1 Å². The van der Waals surface area contributed by atoms with Crippen molar-refractivity contribution < 1.29 is 14.3 Å². The number of carbonyl (C=O) groups excluding carboxylic acids is 2. The minimum atomic E-state index is -0.200. The molecule has 2 aliphatic rings. The van der Waals surface area contributed by atoms with Gasteiger partial charge in [-0.05, 0) is 50.3 Å². The molecule has 1 atom stereocenters. The fourth-order valence-corrected chi connectivity index (χ4v) is 4.60. The Balaban J connectivity index is 1.48. The zero-order valence-electron chi connectivity index (χ0n) is 17.2. The van der Waals surface area contributed by atoms with Gasteiger partial charge < -0.3 is 15.0 Å². The minimum absolute atomic E-state index is 0.0171. The maximum atomic E-state index is 12.7. The predicted molar refractivity (Wildman–Crippen MR) is 110 cm³/mol. The molecular weight excluding hydrogens is 354 g/mol. The van der Waals surface area contributed by atoms with Crippen LogP contribution in [0.5, 0.6) is 5.75 Å². The summed E-state index contributed by atoms with van der Waals surface area (Å²) in [7, 11) is 3.30. The molecule has 28 heavy (non-hydrogen) atoms. The van der Waals surface area contributed by atoms with E-state index in [-0.39, 0.29) is 18.4 Å². The van der Waals surface area contributed by atoms with E-state index in [2.05, 4.69) is 10.2 Å². The summed E-state index contributed by atoms with van der Waals surface area (Å²) in [5.41, 5.74) is 0.669. The van der Waals surface area contributed by atoms with Gasteiger partial charge in [0.25, 0.3) is 0 Å². The molecule has 0 aromatic heterocycles. The number of amides is 2. The van der Waals surface area contributed by atoms with Crippen molar-refractivity contribution in [3.63, 3.8) is 0 Å².